The molecule has 5 aromatic rings. The third-order valence-corrected chi connectivity index (χ3v) is 7.45. The Bertz CT molecular complexity index is 1510. The van der Waals surface area contributed by atoms with Gasteiger partial charge in [-0.15, -0.1) is 11.3 Å². The van der Waals surface area contributed by atoms with E-state index in [0.29, 0.717) is 24.1 Å². The number of nitrogens with zero attached hydrogens (tertiary/aromatic N) is 3. The van der Waals surface area contributed by atoms with Gasteiger partial charge in [-0.1, -0.05) is 35.4 Å². The molecule has 0 aliphatic carbocycles. The molecule has 0 atom stereocenters. The lowest BCUT2D eigenvalue weighted by Gasteiger charge is -2.24. The van der Waals surface area contributed by atoms with Crippen LogP contribution in [0.5, 0.6) is 5.88 Å². The molecule has 5 rings (SSSR count). The van der Waals surface area contributed by atoms with Gasteiger partial charge in [-0.3, -0.25) is 4.90 Å². The first-order chi connectivity index (χ1) is 16.9. The standard InChI is InChI=1S/C29H28ClN3OS/c1-18-7-8-26-21(11-18)13-22(28(30)31-26)15-33(17-24-6-5-9-35-24)16-23-14-25-20(3)10-19(2)12-27(25)32-29(23)34-4/h5-14H,15-17H2,1-4H3. The summed E-state index contributed by atoms with van der Waals surface area (Å²) in [5.41, 5.74) is 7.58. The van der Waals surface area contributed by atoms with E-state index < -0.39 is 0 Å². The number of methoxy groups -OCH3 is 1. The zero-order valence-corrected chi connectivity index (χ0v) is 22.0. The van der Waals surface area contributed by atoms with E-state index in [9.17, 15) is 0 Å². The summed E-state index contributed by atoms with van der Waals surface area (Å²) in [5.74, 6) is 0.664. The van der Waals surface area contributed by atoms with E-state index in [1.54, 1.807) is 18.4 Å². The molecule has 6 heteroatoms. The number of pyridine rings is 2. The Kier molecular flexibility index (Phi) is 6.74. The summed E-state index contributed by atoms with van der Waals surface area (Å²) in [6.07, 6.45) is 0. The number of aryl methyl sites for hydroxylation is 3. The molecule has 0 saturated carbocycles. The Morgan fingerprint density at radius 1 is 0.857 bits per heavy atom. The van der Waals surface area contributed by atoms with Gasteiger partial charge in [-0.2, -0.15) is 0 Å². The van der Waals surface area contributed by atoms with Crippen molar-refractivity contribution in [2.24, 2.45) is 0 Å². The summed E-state index contributed by atoms with van der Waals surface area (Å²) in [7, 11) is 1.69. The van der Waals surface area contributed by atoms with Crippen molar-refractivity contribution in [3.63, 3.8) is 0 Å². The van der Waals surface area contributed by atoms with E-state index in [4.69, 9.17) is 21.3 Å². The quantitative estimate of drug-likeness (QED) is 0.215. The van der Waals surface area contributed by atoms with Crippen LogP contribution in [0.3, 0.4) is 0 Å². The van der Waals surface area contributed by atoms with Crippen LogP contribution in [0.25, 0.3) is 21.8 Å². The minimum Gasteiger partial charge on any atom is -0.481 e. The largest absolute Gasteiger partial charge is 0.481 e. The van der Waals surface area contributed by atoms with E-state index >= 15 is 0 Å². The number of halogens is 1. The summed E-state index contributed by atoms with van der Waals surface area (Å²) in [4.78, 5) is 13.2. The van der Waals surface area contributed by atoms with Crippen LogP contribution in [0.1, 0.15) is 32.7 Å². The van der Waals surface area contributed by atoms with Crippen molar-refractivity contribution in [2.75, 3.05) is 7.11 Å². The van der Waals surface area contributed by atoms with Crippen LogP contribution >= 0.6 is 22.9 Å². The van der Waals surface area contributed by atoms with Crippen molar-refractivity contribution in [2.45, 2.75) is 40.4 Å². The van der Waals surface area contributed by atoms with Crippen LogP contribution in [0, 0.1) is 20.8 Å². The average molecular weight is 502 g/mol. The second-order valence-corrected chi connectivity index (χ2v) is 10.6. The minimum absolute atomic E-state index is 0.549. The van der Waals surface area contributed by atoms with Crippen LogP contribution in [0.2, 0.25) is 5.15 Å². The van der Waals surface area contributed by atoms with E-state index in [0.717, 1.165) is 39.5 Å². The lowest BCUT2D eigenvalue weighted by Crippen LogP contribution is -2.23. The van der Waals surface area contributed by atoms with Gasteiger partial charge in [0.1, 0.15) is 5.15 Å². The van der Waals surface area contributed by atoms with Crippen molar-refractivity contribution >= 4 is 44.7 Å². The first kappa shape index (κ1) is 23.7. The van der Waals surface area contributed by atoms with Crippen LogP contribution in [-0.2, 0) is 19.6 Å². The fourth-order valence-electron chi connectivity index (χ4n) is 4.64. The molecular formula is C29H28ClN3OS. The van der Waals surface area contributed by atoms with Crippen molar-refractivity contribution < 1.29 is 4.74 Å². The normalized spacial score (nSPS) is 11.6. The number of thiophene rings is 1. The van der Waals surface area contributed by atoms with E-state index in [2.05, 4.69) is 84.6 Å². The lowest BCUT2D eigenvalue weighted by atomic mass is 10.0. The lowest BCUT2D eigenvalue weighted by molar-refractivity contribution is 0.245. The average Bonchev–Trinajstić information content (AvgIpc) is 3.33. The second-order valence-electron chi connectivity index (χ2n) is 9.16. The Labute approximate surface area is 215 Å². The first-order valence-corrected chi connectivity index (χ1v) is 12.9. The Balaban J connectivity index is 1.53. The van der Waals surface area contributed by atoms with E-state index in [1.165, 1.54) is 21.6 Å². The highest BCUT2D eigenvalue weighted by Crippen LogP contribution is 2.29. The molecule has 0 spiro atoms. The third-order valence-electron chi connectivity index (χ3n) is 6.26. The minimum atomic E-state index is 0.549. The zero-order valence-electron chi connectivity index (χ0n) is 20.4. The number of benzene rings is 2. The molecule has 0 aliphatic rings. The molecule has 3 heterocycles. The predicted octanol–water partition coefficient (Wildman–Crippen LogP) is 7.63. The summed E-state index contributed by atoms with van der Waals surface area (Å²) >= 11 is 8.43. The van der Waals surface area contributed by atoms with Gasteiger partial charge in [-0.25, -0.2) is 9.97 Å². The molecule has 178 valence electrons. The van der Waals surface area contributed by atoms with Crippen molar-refractivity contribution in [1.82, 2.24) is 14.9 Å². The molecule has 3 aromatic heterocycles. The molecular weight excluding hydrogens is 474 g/mol. The molecule has 2 aromatic carbocycles. The number of aromatic nitrogens is 2. The van der Waals surface area contributed by atoms with E-state index in [-0.39, 0.29) is 0 Å². The van der Waals surface area contributed by atoms with Gasteiger partial charge in [0.05, 0.1) is 18.1 Å². The van der Waals surface area contributed by atoms with Crippen LogP contribution < -0.4 is 4.74 Å². The van der Waals surface area contributed by atoms with Crippen LogP contribution in [-0.4, -0.2) is 22.0 Å². The number of rotatable bonds is 7. The summed E-state index contributed by atoms with van der Waals surface area (Å²) < 4.78 is 5.74. The van der Waals surface area contributed by atoms with Crippen molar-refractivity contribution in [3.8, 4) is 5.88 Å². The van der Waals surface area contributed by atoms with Gasteiger partial charge < -0.3 is 4.74 Å². The highest BCUT2D eigenvalue weighted by atomic mass is 35.5. The van der Waals surface area contributed by atoms with Gasteiger partial charge in [0, 0.05) is 46.4 Å². The Morgan fingerprint density at radius 2 is 1.69 bits per heavy atom. The SMILES string of the molecule is COc1nc2cc(C)cc(C)c2cc1CN(Cc1cccs1)Cc1cc2cc(C)ccc2nc1Cl. The summed E-state index contributed by atoms with van der Waals surface area (Å²) in [6, 6.07) is 19.2. The fourth-order valence-corrected chi connectivity index (χ4v) is 5.59. The Hall–Kier alpha value is -2.99. The second kappa shape index (κ2) is 9.94. The third kappa shape index (κ3) is 5.18. The fraction of sp³-hybridized carbons (Fsp3) is 0.241. The van der Waals surface area contributed by atoms with Gasteiger partial charge >= 0.3 is 0 Å². The molecule has 0 unspecified atom stereocenters. The topological polar surface area (TPSA) is 38.2 Å². The van der Waals surface area contributed by atoms with Crippen molar-refractivity contribution in [3.05, 3.63) is 97.8 Å². The molecule has 0 amide bonds. The number of hydrogen-bond donors (Lipinski definition) is 0. The Morgan fingerprint density at radius 3 is 2.46 bits per heavy atom. The summed E-state index contributed by atoms with van der Waals surface area (Å²) in [6.45, 7) is 8.48. The van der Waals surface area contributed by atoms with Crippen LogP contribution in [0.4, 0.5) is 0 Å². The zero-order chi connectivity index (χ0) is 24.5. The molecule has 0 radical (unpaired) electrons. The van der Waals surface area contributed by atoms with E-state index in [1.807, 2.05) is 6.07 Å². The van der Waals surface area contributed by atoms with Gasteiger partial charge in [0.25, 0.3) is 0 Å². The maximum absolute atomic E-state index is 6.67. The van der Waals surface area contributed by atoms with Gasteiger partial charge in [0.15, 0.2) is 0 Å². The number of hydrogen-bond acceptors (Lipinski definition) is 5. The van der Waals surface area contributed by atoms with Gasteiger partial charge in [0.2, 0.25) is 5.88 Å². The van der Waals surface area contributed by atoms with Crippen LogP contribution in [0.15, 0.2) is 60.0 Å². The molecule has 0 saturated heterocycles. The molecule has 0 bridgehead atoms. The van der Waals surface area contributed by atoms with Gasteiger partial charge in [-0.05, 0) is 73.7 Å². The molecule has 0 N–H and O–H groups in total. The molecule has 0 fully saturated rings. The van der Waals surface area contributed by atoms with Crippen molar-refractivity contribution in [1.29, 1.82) is 0 Å². The maximum Gasteiger partial charge on any atom is 0.218 e. The maximum atomic E-state index is 6.67. The molecule has 35 heavy (non-hydrogen) atoms. The highest BCUT2D eigenvalue weighted by Gasteiger charge is 2.17. The number of ether oxygens (including phenoxy) is 1. The molecule has 4 nitrogen and oxygen atoms in total. The predicted molar refractivity (Wildman–Crippen MR) is 147 cm³/mol. The smallest absolute Gasteiger partial charge is 0.218 e. The highest BCUT2D eigenvalue weighted by molar-refractivity contribution is 7.09. The monoisotopic (exact) mass is 501 g/mol. The first-order valence-electron chi connectivity index (χ1n) is 11.6. The molecule has 0 aliphatic heterocycles. The summed E-state index contributed by atoms with van der Waals surface area (Å²) in [5, 5.41) is 4.93. The number of fused-ring (bicyclic) bond motifs is 2.